The van der Waals surface area contributed by atoms with Gasteiger partial charge in [0.15, 0.2) is 5.78 Å². The number of carbonyl (C=O) groups is 1. The van der Waals surface area contributed by atoms with E-state index in [4.69, 9.17) is 4.74 Å². The Morgan fingerprint density at radius 1 is 1.26 bits per heavy atom. The Kier molecular flexibility index (Phi) is 6.10. The Bertz CT molecular complexity index is 558. The smallest absolute Gasteiger partial charge is 0.184 e. The van der Waals surface area contributed by atoms with Gasteiger partial charge in [0.2, 0.25) is 0 Å². The van der Waals surface area contributed by atoms with Crippen LogP contribution in [0.2, 0.25) is 0 Å². The average Bonchev–Trinajstić information content (AvgIpc) is 2.92. The molecule has 126 valence electrons. The van der Waals surface area contributed by atoms with Crippen molar-refractivity contribution in [2.75, 3.05) is 19.8 Å². The molecule has 1 aromatic rings. The normalized spacial score (nSPS) is 22.2. The summed E-state index contributed by atoms with van der Waals surface area (Å²) in [5.74, 6) is 0.182. The van der Waals surface area contributed by atoms with E-state index in [0.29, 0.717) is 25.0 Å². The molecule has 0 aromatic heterocycles. The molecule has 1 fully saturated rings. The van der Waals surface area contributed by atoms with Gasteiger partial charge in [0.05, 0.1) is 19.8 Å². The Hall–Kier alpha value is -1.49. The number of hydrogen-bond acceptors (Lipinski definition) is 4. The summed E-state index contributed by atoms with van der Waals surface area (Å²) in [6.45, 7) is 4.24. The molecule has 23 heavy (non-hydrogen) atoms. The molecule has 0 saturated heterocycles. The molecule has 1 aliphatic carbocycles. The Morgan fingerprint density at radius 2 is 1.91 bits per heavy atom. The van der Waals surface area contributed by atoms with Gasteiger partial charge < -0.3 is 14.9 Å². The van der Waals surface area contributed by atoms with E-state index in [1.807, 2.05) is 44.2 Å². The standard InChI is InChI=1S/C19H26O4/c1-14-8-19(12-20,13-21)9-17(14)15(2)18(22)11-23-10-16-6-4-3-5-7-16/h3-7,14,20-21H,8-13H2,1-2H3/b17-15+/t14-/m0/s1. The summed E-state index contributed by atoms with van der Waals surface area (Å²) in [6.07, 6.45) is 1.29. The highest BCUT2D eigenvalue weighted by atomic mass is 16.5. The number of allylic oxidation sites excluding steroid dienone is 1. The third kappa shape index (κ3) is 4.28. The van der Waals surface area contributed by atoms with Gasteiger partial charge in [0, 0.05) is 5.41 Å². The fourth-order valence-corrected chi connectivity index (χ4v) is 3.34. The SMILES string of the molecule is C/C(C(=O)COCc1ccccc1)=C1/CC(CO)(CO)C[C@@H]1C. The van der Waals surface area contributed by atoms with Gasteiger partial charge in [-0.2, -0.15) is 0 Å². The molecule has 2 rings (SSSR count). The minimum atomic E-state index is -0.485. The molecule has 0 bridgehead atoms. The van der Waals surface area contributed by atoms with Crippen molar-refractivity contribution in [2.24, 2.45) is 11.3 Å². The maximum Gasteiger partial charge on any atom is 0.184 e. The summed E-state index contributed by atoms with van der Waals surface area (Å²) < 4.78 is 5.52. The van der Waals surface area contributed by atoms with Crippen LogP contribution in [0.1, 0.15) is 32.3 Å². The summed E-state index contributed by atoms with van der Waals surface area (Å²) in [5, 5.41) is 19.1. The lowest BCUT2D eigenvalue weighted by Crippen LogP contribution is -2.26. The maximum atomic E-state index is 12.3. The first-order valence-corrected chi connectivity index (χ1v) is 8.07. The van der Waals surface area contributed by atoms with Crippen LogP contribution in [-0.4, -0.2) is 35.8 Å². The highest BCUT2D eigenvalue weighted by Gasteiger charge is 2.40. The van der Waals surface area contributed by atoms with Crippen molar-refractivity contribution in [3.63, 3.8) is 0 Å². The van der Waals surface area contributed by atoms with Gasteiger partial charge in [-0.1, -0.05) is 42.8 Å². The molecule has 2 N–H and O–H groups in total. The topological polar surface area (TPSA) is 66.8 Å². The van der Waals surface area contributed by atoms with Gasteiger partial charge in [-0.3, -0.25) is 4.79 Å². The molecular weight excluding hydrogens is 292 g/mol. The molecule has 1 aromatic carbocycles. The third-order valence-corrected chi connectivity index (χ3v) is 4.81. The Balaban J connectivity index is 1.96. The van der Waals surface area contributed by atoms with Crippen LogP contribution in [0.5, 0.6) is 0 Å². The monoisotopic (exact) mass is 318 g/mol. The molecular formula is C19H26O4. The predicted molar refractivity (Wildman–Crippen MR) is 88.8 cm³/mol. The van der Waals surface area contributed by atoms with Crippen molar-refractivity contribution in [1.82, 2.24) is 0 Å². The minimum Gasteiger partial charge on any atom is -0.396 e. The maximum absolute atomic E-state index is 12.3. The van der Waals surface area contributed by atoms with Gasteiger partial charge in [0.25, 0.3) is 0 Å². The first kappa shape index (κ1) is 17.9. The van der Waals surface area contributed by atoms with Crippen molar-refractivity contribution in [3.05, 3.63) is 47.0 Å². The minimum absolute atomic E-state index is 0.0190. The van der Waals surface area contributed by atoms with Crippen molar-refractivity contribution < 1.29 is 19.7 Å². The van der Waals surface area contributed by atoms with Crippen molar-refractivity contribution in [3.8, 4) is 0 Å². The average molecular weight is 318 g/mol. The summed E-state index contributed by atoms with van der Waals surface area (Å²) in [7, 11) is 0. The molecule has 0 heterocycles. The number of aliphatic hydroxyl groups is 2. The fourth-order valence-electron chi connectivity index (χ4n) is 3.34. The zero-order valence-corrected chi connectivity index (χ0v) is 13.9. The van der Waals surface area contributed by atoms with Crippen molar-refractivity contribution in [1.29, 1.82) is 0 Å². The summed E-state index contributed by atoms with van der Waals surface area (Å²) in [6, 6.07) is 9.76. The van der Waals surface area contributed by atoms with Crippen LogP contribution in [0.15, 0.2) is 41.5 Å². The van der Waals surface area contributed by atoms with Crippen LogP contribution in [0.3, 0.4) is 0 Å². The van der Waals surface area contributed by atoms with Gasteiger partial charge in [0.1, 0.15) is 6.61 Å². The van der Waals surface area contributed by atoms with E-state index < -0.39 is 5.41 Å². The van der Waals surface area contributed by atoms with Crippen molar-refractivity contribution in [2.45, 2.75) is 33.3 Å². The van der Waals surface area contributed by atoms with E-state index in [9.17, 15) is 15.0 Å². The van der Waals surface area contributed by atoms with Crippen LogP contribution < -0.4 is 0 Å². The van der Waals surface area contributed by atoms with Crippen LogP contribution in [0, 0.1) is 11.3 Å². The number of hydrogen-bond donors (Lipinski definition) is 2. The second kappa shape index (κ2) is 7.86. The summed E-state index contributed by atoms with van der Waals surface area (Å²) >= 11 is 0. The number of aliphatic hydroxyl groups excluding tert-OH is 2. The molecule has 0 aliphatic heterocycles. The molecule has 1 atom stereocenters. The molecule has 0 amide bonds. The lowest BCUT2D eigenvalue weighted by molar-refractivity contribution is -0.120. The second-order valence-corrected chi connectivity index (χ2v) is 6.65. The predicted octanol–water partition coefficient (Wildman–Crippen LogP) is 2.49. The second-order valence-electron chi connectivity index (χ2n) is 6.65. The highest BCUT2D eigenvalue weighted by Crippen LogP contribution is 2.45. The molecule has 1 aliphatic rings. The largest absolute Gasteiger partial charge is 0.396 e. The molecule has 4 heteroatoms. The van der Waals surface area contributed by atoms with E-state index in [-0.39, 0.29) is 31.5 Å². The first-order chi connectivity index (χ1) is 11.0. The molecule has 0 radical (unpaired) electrons. The zero-order valence-electron chi connectivity index (χ0n) is 13.9. The first-order valence-electron chi connectivity index (χ1n) is 8.07. The van der Waals surface area contributed by atoms with E-state index >= 15 is 0 Å². The number of rotatable bonds is 7. The fraction of sp³-hybridized carbons (Fsp3) is 0.526. The molecule has 0 spiro atoms. The zero-order chi connectivity index (χ0) is 16.9. The van der Waals surface area contributed by atoms with E-state index in [1.165, 1.54) is 0 Å². The number of Topliss-reactive ketones (excluding diaryl/α,β-unsaturated/α-hetero) is 1. The number of carbonyl (C=O) groups excluding carboxylic acids is 1. The number of ketones is 1. The van der Waals surface area contributed by atoms with Crippen LogP contribution in [0.4, 0.5) is 0 Å². The number of ether oxygens (including phenoxy) is 1. The van der Waals surface area contributed by atoms with Gasteiger partial charge in [-0.15, -0.1) is 0 Å². The number of benzene rings is 1. The third-order valence-electron chi connectivity index (χ3n) is 4.81. The Morgan fingerprint density at radius 3 is 2.48 bits per heavy atom. The van der Waals surface area contributed by atoms with E-state index in [2.05, 4.69) is 0 Å². The Labute approximate surface area is 137 Å². The quantitative estimate of drug-likeness (QED) is 0.758. The molecule has 0 unspecified atom stereocenters. The van der Waals surface area contributed by atoms with Crippen molar-refractivity contribution >= 4 is 5.78 Å². The van der Waals surface area contributed by atoms with E-state index in [0.717, 1.165) is 11.1 Å². The van der Waals surface area contributed by atoms with E-state index in [1.54, 1.807) is 0 Å². The summed E-state index contributed by atoms with van der Waals surface area (Å²) in [4.78, 5) is 12.3. The molecule has 4 nitrogen and oxygen atoms in total. The highest BCUT2D eigenvalue weighted by molar-refractivity contribution is 5.96. The van der Waals surface area contributed by atoms with Crippen LogP contribution >= 0.6 is 0 Å². The van der Waals surface area contributed by atoms with Gasteiger partial charge in [-0.25, -0.2) is 0 Å². The summed E-state index contributed by atoms with van der Waals surface area (Å²) in [5.41, 5.74) is 2.32. The van der Waals surface area contributed by atoms with Crippen LogP contribution in [-0.2, 0) is 16.1 Å². The van der Waals surface area contributed by atoms with Gasteiger partial charge >= 0.3 is 0 Å². The lowest BCUT2D eigenvalue weighted by Gasteiger charge is -2.23. The van der Waals surface area contributed by atoms with Crippen LogP contribution in [0.25, 0.3) is 0 Å². The van der Waals surface area contributed by atoms with Gasteiger partial charge in [-0.05, 0) is 36.8 Å². The molecule has 1 saturated carbocycles. The lowest BCUT2D eigenvalue weighted by atomic mass is 9.87.